The van der Waals surface area contributed by atoms with E-state index in [2.05, 4.69) is 4.89 Å². The summed E-state index contributed by atoms with van der Waals surface area (Å²) in [5.74, 6) is 0. The standard InChI is InChI=1S/CHO3.3Ag/c2-1-4-3;;;/h3H;;;/q-1;;;+1. The minimum absolute atomic E-state index is 0. The minimum atomic E-state index is 0. The first-order chi connectivity index (χ1) is 1.91. The summed E-state index contributed by atoms with van der Waals surface area (Å²) in [6.07, 6.45) is 0. The van der Waals surface area contributed by atoms with Crippen LogP contribution in [0.5, 0.6) is 0 Å². The van der Waals surface area contributed by atoms with Gasteiger partial charge in [-0.15, -0.1) is 0 Å². The van der Waals surface area contributed by atoms with Crippen molar-refractivity contribution in [3.8, 4) is 0 Å². The SMILES string of the molecule is O=[C-]OO.[Ag+].[Ag].[Ag]. The summed E-state index contributed by atoms with van der Waals surface area (Å²) in [6.45, 7) is 0.736. The van der Waals surface area contributed by atoms with E-state index >= 15 is 0 Å². The van der Waals surface area contributed by atoms with Crippen molar-refractivity contribution in [1.82, 2.24) is 0 Å². The molecule has 0 aromatic carbocycles. The van der Waals surface area contributed by atoms with Crippen LogP contribution in [-0.4, -0.2) is 11.7 Å². The van der Waals surface area contributed by atoms with Crippen LogP contribution in [0.3, 0.4) is 0 Å². The van der Waals surface area contributed by atoms with Gasteiger partial charge in [-0.25, -0.2) is 5.26 Å². The predicted molar refractivity (Wildman–Crippen MR) is 9.41 cm³/mol. The van der Waals surface area contributed by atoms with Crippen molar-refractivity contribution in [2.75, 3.05) is 0 Å². The Morgan fingerprint density at radius 1 is 1.43 bits per heavy atom. The van der Waals surface area contributed by atoms with E-state index in [1.807, 2.05) is 0 Å². The van der Waals surface area contributed by atoms with Gasteiger partial charge in [0.25, 0.3) is 0 Å². The Morgan fingerprint density at radius 3 is 1.57 bits per heavy atom. The molecule has 0 aromatic rings. The Kier molecular flexibility index (Phi) is 84.9. The van der Waals surface area contributed by atoms with Gasteiger partial charge >= 0.3 is 22.4 Å². The van der Waals surface area contributed by atoms with Crippen LogP contribution in [-0.2, 0) is 76.8 Å². The number of rotatable bonds is 1. The molecule has 7 heavy (non-hydrogen) atoms. The first-order valence-electron chi connectivity index (χ1n) is 0.591. The van der Waals surface area contributed by atoms with E-state index in [1.165, 1.54) is 0 Å². The molecule has 56 valence electrons. The molecule has 3 nitrogen and oxygen atoms in total. The molecule has 0 saturated carbocycles. The van der Waals surface area contributed by atoms with Gasteiger partial charge in [-0.3, -0.25) is 0 Å². The molecule has 0 aliphatic rings. The Bertz CT molecular complexity index is 24.1. The third-order valence-electron chi connectivity index (χ3n) is 0.0373. The van der Waals surface area contributed by atoms with Crippen LogP contribution in [0, 0.1) is 0 Å². The molecule has 0 bridgehead atoms. The van der Waals surface area contributed by atoms with Gasteiger partial charge in [0.2, 0.25) is 0 Å². The topological polar surface area (TPSA) is 46.5 Å². The van der Waals surface area contributed by atoms with Crippen molar-refractivity contribution in [3.05, 3.63) is 0 Å². The average molecular weight is 385 g/mol. The fourth-order valence-electron chi connectivity index (χ4n) is 0. The quantitative estimate of drug-likeness (QED) is 0.288. The maximum absolute atomic E-state index is 8.58. The largest absolute Gasteiger partial charge is 1.00 e. The van der Waals surface area contributed by atoms with Crippen molar-refractivity contribution in [3.63, 3.8) is 0 Å². The zero-order valence-electron chi connectivity index (χ0n) is 2.67. The van der Waals surface area contributed by atoms with Crippen molar-refractivity contribution in [1.29, 1.82) is 0 Å². The molecule has 0 rings (SSSR count). The Hall–Kier alpha value is 1.65. The Labute approximate surface area is 87.6 Å². The van der Waals surface area contributed by atoms with E-state index in [0.717, 1.165) is 6.47 Å². The summed E-state index contributed by atoms with van der Waals surface area (Å²) in [6, 6.07) is 0. The first kappa shape index (κ1) is 23.4. The molecule has 0 heterocycles. The zero-order chi connectivity index (χ0) is 3.41. The first-order valence-corrected chi connectivity index (χ1v) is 0.591. The number of hydrogen-bond donors (Lipinski definition) is 1. The molecule has 1 N–H and O–H groups in total. The molecule has 0 aliphatic carbocycles. The van der Waals surface area contributed by atoms with Crippen LogP contribution in [0.2, 0.25) is 0 Å². The molecule has 0 aliphatic heterocycles. The van der Waals surface area contributed by atoms with Crippen LogP contribution in [0.4, 0.5) is 0 Å². The van der Waals surface area contributed by atoms with Gasteiger partial charge in [0.1, 0.15) is 0 Å². The van der Waals surface area contributed by atoms with Crippen LogP contribution in [0.1, 0.15) is 0 Å². The third kappa shape index (κ3) is 34.8. The van der Waals surface area contributed by atoms with E-state index in [-0.39, 0.29) is 67.1 Å². The van der Waals surface area contributed by atoms with E-state index in [1.54, 1.807) is 0 Å². The summed E-state index contributed by atoms with van der Waals surface area (Å²) in [4.78, 5) is 11.3. The maximum atomic E-state index is 8.58. The van der Waals surface area contributed by atoms with Gasteiger partial charge in [-0.2, -0.15) is 0 Å². The van der Waals surface area contributed by atoms with E-state index in [0.29, 0.717) is 0 Å². The zero-order valence-corrected chi connectivity index (χ0v) is 7.12. The normalized spacial score (nSPS) is 3.00. The second-order valence-corrected chi connectivity index (χ2v) is 0.175. The summed E-state index contributed by atoms with van der Waals surface area (Å²) in [5, 5.41) is 6.95. The van der Waals surface area contributed by atoms with Crippen LogP contribution in [0.15, 0.2) is 0 Å². The molecule has 0 spiro atoms. The Balaban J connectivity index is -0.0000000150. The maximum Gasteiger partial charge on any atom is 1.00 e. The number of carbonyl (C=O) groups excluding carboxylic acids is 1. The van der Waals surface area contributed by atoms with Gasteiger partial charge in [-0.05, 0) is 6.47 Å². The minimum Gasteiger partial charge on any atom is -0.509 e. The summed E-state index contributed by atoms with van der Waals surface area (Å²) < 4.78 is 0. The van der Waals surface area contributed by atoms with Gasteiger partial charge in [0, 0.05) is 44.8 Å². The molecule has 0 atom stereocenters. The van der Waals surface area contributed by atoms with Crippen LogP contribution < -0.4 is 0 Å². The molecule has 6 heteroatoms. The van der Waals surface area contributed by atoms with Crippen molar-refractivity contribution in [2.45, 2.75) is 0 Å². The molecule has 2 radical (unpaired) electrons. The summed E-state index contributed by atoms with van der Waals surface area (Å²) in [7, 11) is 0. The van der Waals surface area contributed by atoms with Crippen molar-refractivity contribution < 1.29 is 82.1 Å². The third-order valence-corrected chi connectivity index (χ3v) is 0.0373. The van der Waals surface area contributed by atoms with Crippen molar-refractivity contribution >= 4 is 6.47 Å². The number of hydrogen-bond acceptors (Lipinski definition) is 3. The molecule has 0 amide bonds. The monoisotopic (exact) mass is 382 g/mol. The fourth-order valence-corrected chi connectivity index (χ4v) is 0. The van der Waals surface area contributed by atoms with Crippen LogP contribution in [0.25, 0.3) is 0 Å². The average Bonchev–Trinajstić information content (AvgIpc) is 1.37. The van der Waals surface area contributed by atoms with Gasteiger partial charge < -0.3 is 9.68 Å². The second-order valence-electron chi connectivity index (χ2n) is 0.175. The molecule has 0 unspecified atom stereocenters. The van der Waals surface area contributed by atoms with E-state index < -0.39 is 0 Å². The molecule has 0 aromatic heterocycles. The molecule has 0 saturated heterocycles. The van der Waals surface area contributed by atoms with Gasteiger partial charge in [0.05, 0.1) is 0 Å². The smallest absolute Gasteiger partial charge is 0.509 e. The molecular weight excluding hydrogens is 384 g/mol. The van der Waals surface area contributed by atoms with Gasteiger partial charge in [-0.1, -0.05) is 0 Å². The Morgan fingerprint density at radius 2 is 1.57 bits per heavy atom. The van der Waals surface area contributed by atoms with E-state index in [9.17, 15) is 0 Å². The second kappa shape index (κ2) is 25.4. The summed E-state index contributed by atoms with van der Waals surface area (Å²) in [5.41, 5.74) is 0. The molecule has 0 fully saturated rings. The fraction of sp³-hybridized carbons (Fsp3) is 0. The molecular formula is CHAg3O3. The van der Waals surface area contributed by atoms with Crippen molar-refractivity contribution in [2.24, 2.45) is 0 Å². The van der Waals surface area contributed by atoms with Crippen LogP contribution >= 0.6 is 0 Å². The van der Waals surface area contributed by atoms with Gasteiger partial charge in [0.15, 0.2) is 0 Å². The van der Waals surface area contributed by atoms with E-state index in [4.69, 9.17) is 10.1 Å². The predicted octanol–water partition coefficient (Wildman–Crippen LogP) is -0.464. The summed E-state index contributed by atoms with van der Waals surface area (Å²) >= 11 is 0.